The molecule has 0 saturated carbocycles. The van der Waals surface area contributed by atoms with Crippen molar-refractivity contribution in [2.45, 2.75) is 51.5 Å². The normalized spacial score (nSPS) is 21.5. The van der Waals surface area contributed by atoms with Crippen LogP contribution in [0.25, 0.3) is 0 Å². The van der Waals surface area contributed by atoms with Crippen LogP contribution >= 0.6 is 0 Å². The van der Waals surface area contributed by atoms with Crippen LogP contribution in [-0.2, 0) is 16.4 Å². The van der Waals surface area contributed by atoms with Crippen LogP contribution in [0.5, 0.6) is 0 Å². The van der Waals surface area contributed by atoms with Crippen LogP contribution in [0.3, 0.4) is 0 Å². The van der Waals surface area contributed by atoms with E-state index in [4.69, 9.17) is 0 Å². The van der Waals surface area contributed by atoms with Crippen LogP contribution in [0.2, 0.25) is 0 Å². The van der Waals surface area contributed by atoms with Gasteiger partial charge in [0, 0.05) is 24.7 Å². The van der Waals surface area contributed by atoms with Gasteiger partial charge in [-0.2, -0.15) is 0 Å². The third-order valence-corrected chi connectivity index (χ3v) is 6.34. The number of amides is 1. The molecule has 132 valence electrons. The third-order valence-electron chi connectivity index (χ3n) is 5.16. The molecule has 6 heteroatoms. The lowest BCUT2D eigenvalue weighted by Crippen LogP contribution is -2.43. The van der Waals surface area contributed by atoms with Crippen molar-refractivity contribution >= 4 is 21.6 Å². The Labute approximate surface area is 144 Å². The summed E-state index contributed by atoms with van der Waals surface area (Å²) >= 11 is 0. The number of piperidine rings is 1. The van der Waals surface area contributed by atoms with Crippen molar-refractivity contribution in [3.63, 3.8) is 0 Å². The van der Waals surface area contributed by atoms with E-state index in [1.54, 1.807) is 12.1 Å². The number of carbonyl (C=O) groups excluding carboxylic acids is 1. The Kier molecular flexibility index (Phi) is 4.85. The SMILES string of the molecule is CC[C@H]1CCCCN1C(=O)c1ccc2c(c1)CCCN2S(C)(=O)=O. The van der Waals surface area contributed by atoms with Gasteiger partial charge in [-0.15, -0.1) is 0 Å². The van der Waals surface area contributed by atoms with Gasteiger partial charge in [0.15, 0.2) is 0 Å². The van der Waals surface area contributed by atoms with Crippen LogP contribution in [0, 0.1) is 0 Å². The molecule has 2 aliphatic rings. The Morgan fingerprint density at radius 2 is 2.00 bits per heavy atom. The molecule has 5 nitrogen and oxygen atoms in total. The van der Waals surface area contributed by atoms with Crippen molar-refractivity contribution in [1.29, 1.82) is 0 Å². The standard InChI is InChI=1S/C18H26N2O3S/c1-3-16-8-4-5-11-19(16)18(21)15-9-10-17-14(13-15)7-6-12-20(17)24(2,22)23/h9-10,13,16H,3-8,11-12H2,1-2H3/t16-/m0/s1. The molecule has 0 bridgehead atoms. The molecule has 0 aromatic heterocycles. The number of rotatable bonds is 3. The molecule has 1 atom stereocenters. The monoisotopic (exact) mass is 350 g/mol. The van der Waals surface area contributed by atoms with Crippen LogP contribution in [0.1, 0.15) is 54.9 Å². The Balaban J connectivity index is 1.89. The van der Waals surface area contributed by atoms with E-state index in [1.807, 2.05) is 11.0 Å². The van der Waals surface area contributed by atoms with Gasteiger partial charge in [0.25, 0.3) is 5.91 Å². The quantitative estimate of drug-likeness (QED) is 0.842. The fourth-order valence-corrected chi connectivity index (χ4v) is 4.89. The lowest BCUT2D eigenvalue weighted by Gasteiger charge is -2.36. The van der Waals surface area contributed by atoms with E-state index in [0.717, 1.165) is 49.9 Å². The minimum Gasteiger partial charge on any atom is -0.336 e. The van der Waals surface area contributed by atoms with Crippen molar-refractivity contribution in [3.05, 3.63) is 29.3 Å². The average Bonchev–Trinajstić information content (AvgIpc) is 2.59. The fraction of sp³-hybridized carbons (Fsp3) is 0.611. The van der Waals surface area contributed by atoms with Crippen molar-refractivity contribution in [2.24, 2.45) is 0 Å². The summed E-state index contributed by atoms with van der Waals surface area (Å²) in [5.41, 5.74) is 2.37. The lowest BCUT2D eigenvalue weighted by atomic mass is 9.97. The van der Waals surface area contributed by atoms with Gasteiger partial charge in [-0.05, 0) is 62.3 Å². The molecule has 2 heterocycles. The number of hydrogen-bond acceptors (Lipinski definition) is 3. The van der Waals surface area contributed by atoms with E-state index in [1.165, 1.54) is 17.0 Å². The highest BCUT2D eigenvalue weighted by Gasteiger charge is 2.28. The topological polar surface area (TPSA) is 57.7 Å². The molecule has 1 aromatic carbocycles. The lowest BCUT2D eigenvalue weighted by molar-refractivity contribution is 0.0608. The highest BCUT2D eigenvalue weighted by atomic mass is 32.2. The maximum atomic E-state index is 12.9. The maximum Gasteiger partial charge on any atom is 0.254 e. The first-order chi connectivity index (χ1) is 11.4. The Bertz CT molecular complexity index is 730. The van der Waals surface area contributed by atoms with Crippen molar-refractivity contribution in [2.75, 3.05) is 23.7 Å². The molecule has 2 aliphatic heterocycles. The highest BCUT2D eigenvalue weighted by molar-refractivity contribution is 7.92. The first-order valence-electron chi connectivity index (χ1n) is 8.83. The van der Waals surface area contributed by atoms with E-state index in [0.29, 0.717) is 18.2 Å². The van der Waals surface area contributed by atoms with Crippen LogP contribution in [0.4, 0.5) is 5.69 Å². The van der Waals surface area contributed by atoms with Crippen LogP contribution < -0.4 is 4.31 Å². The molecule has 1 aromatic rings. The predicted molar refractivity (Wildman–Crippen MR) is 95.9 cm³/mol. The Morgan fingerprint density at radius 3 is 2.71 bits per heavy atom. The zero-order chi connectivity index (χ0) is 17.3. The first-order valence-corrected chi connectivity index (χ1v) is 10.7. The molecule has 1 saturated heterocycles. The molecule has 0 spiro atoms. The van der Waals surface area contributed by atoms with E-state index in [9.17, 15) is 13.2 Å². The number of carbonyl (C=O) groups is 1. The number of anilines is 1. The predicted octanol–water partition coefficient (Wildman–Crippen LogP) is 2.80. The van der Waals surface area contributed by atoms with Gasteiger partial charge in [-0.1, -0.05) is 6.92 Å². The maximum absolute atomic E-state index is 12.9. The zero-order valence-corrected chi connectivity index (χ0v) is 15.3. The molecule has 0 aliphatic carbocycles. The number of hydrogen-bond donors (Lipinski definition) is 0. The molecule has 3 rings (SSSR count). The second kappa shape index (κ2) is 6.75. The van der Waals surface area contributed by atoms with Gasteiger partial charge in [0.05, 0.1) is 11.9 Å². The minimum atomic E-state index is -3.27. The molecule has 1 fully saturated rings. The first kappa shape index (κ1) is 17.3. The van der Waals surface area contributed by atoms with Gasteiger partial charge < -0.3 is 4.90 Å². The van der Waals surface area contributed by atoms with Gasteiger partial charge >= 0.3 is 0 Å². The number of fused-ring (bicyclic) bond motifs is 1. The Morgan fingerprint density at radius 1 is 1.21 bits per heavy atom. The second-order valence-corrected chi connectivity index (χ2v) is 8.75. The zero-order valence-electron chi connectivity index (χ0n) is 14.5. The largest absolute Gasteiger partial charge is 0.336 e. The highest BCUT2D eigenvalue weighted by Crippen LogP contribution is 2.31. The molecule has 0 N–H and O–H groups in total. The summed E-state index contributed by atoms with van der Waals surface area (Å²) in [5, 5.41) is 0. The van der Waals surface area contributed by atoms with Crippen molar-refractivity contribution in [1.82, 2.24) is 4.90 Å². The van der Waals surface area contributed by atoms with Crippen LogP contribution in [0.15, 0.2) is 18.2 Å². The summed E-state index contributed by atoms with van der Waals surface area (Å²) < 4.78 is 25.3. The molecule has 0 unspecified atom stereocenters. The smallest absolute Gasteiger partial charge is 0.254 e. The van der Waals surface area contributed by atoms with Crippen LogP contribution in [-0.4, -0.2) is 44.6 Å². The fourth-order valence-electron chi connectivity index (χ4n) is 3.90. The van der Waals surface area contributed by atoms with Crippen molar-refractivity contribution < 1.29 is 13.2 Å². The average molecular weight is 350 g/mol. The third kappa shape index (κ3) is 3.29. The summed E-state index contributed by atoms with van der Waals surface area (Å²) in [6, 6.07) is 5.81. The minimum absolute atomic E-state index is 0.0841. The van der Waals surface area contributed by atoms with E-state index in [2.05, 4.69) is 6.92 Å². The van der Waals surface area contributed by atoms with Gasteiger partial charge in [-0.3, -0.25) is 9.10 Å². The number of likely N-dealkylation sites (tertiary alicyclic amines) is 1. The Hall–Kier alpha value is -1.56. The molecular formula is C18H26N2O3S. The van der Waals surface area contributed by atoms with Gasteiger partial charge in [0.1, 0.15) is 0 Å². The summed E-state index contributed by atoms with van der Waals surface area (Å²) in [6.45, 7) is 3.47. The van der Waals surface area contributed by atoms with Gasteiger partial charge in [0.2, 0.25) is 10.0 Å². The van der Waals surface area contributed by atoms with E-state index < -0.39 is 10.0 Å². The molecule has 24 heavy (non-hydrogen) atoms. The molecular weight excluding hydrogens is 324 g/mol. The molecule has 1 amide bonds. The van der Waals surface area contributed by atoms with Gasteiger partial charge in [-0.25, -0.2) is 8.42 Å². The number of nitrogens with zero attached hydrogens (tertiary/aromatic N) is 2. The van der Waals surface area contributed by atoms with E-state index >= 15 is 0 Å². The number of aryl methyl sites for hydroxylation is 1. The number of benzene rings is 1. The summed E-state index contributed by atoms with van der Waals surface area (Å²) in [5.74, 6) is 0.0841. The summed E-state index contributed by atoms with van der Waals surface area (Å²) in [4.78, 5) is 14.9. The number of sulfonamides is 1. The van der Waals surface area contributed by atoms with Crippen molar-refractivity contribution in [3.8, 4) is 0 Å². The second-order valence-electron chi connectivity index (χ2n) is 6.84. The van der Waals surface area contributed by atoms with E-state index in [-0.39, 0.29) is 5.91 Å². The molecule has 0 radical (unpaired) electrons. The summed E-state index contributed by atoms with van der Waals surface area (Å²) in [6.07, 6.45) is 7.16. The summed E-state index contributed by atoms with van der Waals surface area (Å²) in [7, 11) is -3.27.